The van der Waals surface area contributed by atoms with Gasteiger partial charge in [0.1, 0.15) is 23.6 Å². The molecule has 6 nitrogen and oxygen atoms in total. The summed E-state index contributed by atoms with van der Waals surface area (Å²) < 4.78 is 11.7. The molecule has 0 unspecified atom stereocenters. The Morgan fingerprint density at radius 1 is 1.00 bits per heavy atom. The van der Waals surface area contributed by atoms with E-state index in [1.54, 1.807) is 42.5 Å². The zero-order chi connectivity index (χ0) is 20.9. The molecule has 1 aromatic heterocycles. The third-order valence-corrected chi connectivity index (χ3v) is 4.84. The molecule has 0 saturated heterocycles. The molecule has 0 radical (unpaired) electrons. The lowest BCUT2D eigenvalue weighted by molar-refractivity contribution is -0.136. The Balaban J connectivity index is 1.43. The van der Waals surface area contributed by atoms with Crippen LogP contribution in [0, 0.1) is 0 Å². The molecule has 0 aliphatic carbocycles. The molecular formula is C22H15BrClN3O3. The van der Waals surface area contributed by atoms with Gasteiger partial charge in [-0.25, -0.2) is 14.8 Å². The molecule has 1 N–H and O–H groups in total. The quantitative estimate of drug-likeness (QED) is 0.276. The molecule has 0 atom stereocenters. The molecule has 30 heavy (non-hydrogen) atoms. The highest BCUT2D eigenvalue weighted by Crippen LogP contribution is 2.27. The highest BCUT2D eigenvalue weighted by molar-refractivity contribution is 9.10. The normalized spacial score (nSPS) is 10.6. The Kier molecular flexibility index (Phi) is 6.11. The van der Waals surface area contributed by atoms with Gasteiger partial charge in [-0.05, 0) is 54.6 Å². The highest BCUT2D eigenvalue weighted by atomic mass is 79.9. The van der Waals surface area contributed by atoms with Crippen LogP contribution in [-0.4, -0.2) is 22.5 Å². The molecule has 0 aliphatic heterocycles. The first-order chi connectivity index (χ1) is 14.6. The number of nitrogens with zero attached hydrogens (tertiary/aromatic N) is 2. The van der Waals surface area contributed by atoms with Gasteiger partial charge in [0.2, 0.25) is 0 Å². The van der Waals surface area contributed by atoms with Gasteiger partial charge in [-0.15, -0.1) is 0 Å². The van der Waals surface area contributed by atoms with Gasteiger partial charge in [0.15, 0.2) is 6.61 Å². The zero-order valence-electron chi connectivity index (χ0n) is 15.5. The molecule has 0 saturated carbocycles. The van der Waals surface area contributed by atoms with Crippen molar-refractivity contribution >= 4 is 55.9 Å². The van der Waals surface area contributed by atoms with Crippen molar-refractivity contribution in [3.05, 3.63) is 82.6 Å². The van der Waals surface area contributed by atoms with E-state index in [0.29, 0.717) is 22.3 Å². The number of ether oxygens (including phenoxy) is 2. The maximum atomic E-state index is 12.1. The van der Waals surface area contributed by atoms with Crippen LogP contribution in [0.25, 0.3) is 10.9 Å². The van der Waals surface area contributed by atoms with Gasteiger partial charge in [-0.3, -0.25) is 0 Å². The van der Waals surface area contributed by atoms with Crippen LogP contribution < -0.4 is 14.8 Å². The Bertz CT molecular complexity index is 1200. The number of carbonyl (C=O) groups excluding carboxylic acids is 1. The fourth-order valence-corrected chi connectivity index (χ4v) is 3.22. The van der Waals surface area contributed by atoms with Gasteiger partial charge in [0, 0.05) is 26.6 Å². The number of carbonyl (C=O) groups is 1. The van der Waals surface area contributed by atoms with E-state index in [1.165, 1.54) is 6.33 Å². The fraction of sp³-hybridized carbons (Fsp3) is 0.0455. The lowest BCUT2D eigenvalue weighted by atomic mass is 10.2. The van der Waals surface area contributed by atoms with Gasteiger partial charge in [-0.1, -0.05) is 33.6 Å². The number of rotatable bonds is 6. The van der Waals surface area contributed by atoms with Crippen LogP contribution in [0.2, 0.25) is 5.02 Å². The number of nitrogens with one attached hydrogen (secondary N) is 1. The third-order valence-electron chi connectivity index (χ3n) is 4.10. The van der Waals surface area contributed by atoms with Crippen LogP contribution in [0.3, 0.4) is 0 Å². The number of hydrogen-bond acceptors (Lipinski definition) is 6. The summed E-state index contributed by atoms with van der Waals surface area (Å²) in [5, 5.41) is 4.71. The smallest absolute Gasteiger partial charge is 0.349 e. The van der Waals surface area contributed by atoms with E-state index in [1.807, 2.05) is 24.3 Å². The highest BCUT2D eigenvalue weighted by Gasteiger charge is 2.09. The topological polar surface area (TPSA) is 73.3 Å². The van der Waals surface area contributed by atoms with Gasteiger partial charge < -0.3 is 14.8 Å². The van der Waals surface area contributed by atoms with Crippen molar-refractivity contribution < 1.29 is 14.3 Å². The molecule has 0 spiro atoms. The van der Waals surface area contributed by atoms with Crippen LogP contribution in [-0.2, 0) is 4.79 Å². The Hall–Kier alpha value is -3.16. The molecule has 4 aromatic rings. The Morgan fingerprint density at radius 3 is 2.67 bits per heavy atom. The van der Waals surface area contributed by atoms with Crippen LogP contribution in [0.15, 0.2) is 77.5 Å². The number of fused-ring (bicyclic) bond motifs is 1. The number of halogens is 2. The second-order valence-electron chi connectivity index (χ2n) is 6.25. The molecule has 3 aromatic carbocycles. The minimum absolute atomic E-state index is 0.218. The van der Waals surface area contributed by atoms with E-state index in [2.05, 4.69) is 31.2 Å². The van der Waals surface area contributed by atoms with Crippen molar-refractivity contribution in [3.8, 4) is 11.5 Å². The summed E-state index contributed by atoms with van der Waals surface area (Å²) in [6, 6.07) is 19.6. The molecule has 0 fully saturated rings. The number of anilines is 2. The summed E-state index contributed by atoms with van der Waals surface area (Å²) in [5.74, 6) is 1.06. The van der Waals surface area contributed by atoms with Crippen molar-refractivity contribution in [1.82, 2.24) is 9.97 Å². The van der Waals surface area contributed by atoms with Gasteiger partial charge >= 0.3 is 5.97 Å². The largest absolute Gasteiger partial charge is 0.482 e. The van der Waals surface area contributed by atoms with Crippen molar-refractivity contribution in [2.24, 2.45) is 0 Å². The van der Waals surface area contributed by atoms with E-state index in [4.69, 9.17) is 21.1 Å². The molecule has 150 valence electrons. The van der Waals surface area contributed by atoms with Crippen LogP contribution in [0.5, 0.6) is 11.5 Å². The van der Waals surface area contributed by atoms with Crippen molar-refractivity contribution in [1.29, 1.82) is 0 Å². The van der Waals surface area contributed by atoms with Gasteiger partial charge in [0.05, 0.1) is 5.52 Å². The number of aromatic nitrogens is 2. The first-order valence-corrected chi connectivity index (χ1v) is 10.1. The SMILES string of the molecule is O=C(COc1ccc(Cl)cc1)Oc1cccc(Nc2ncnc3ccc(Br)cc23)c1. The molecular weight excluding hydrogens is 470 g/mol. The predicted octanol–water partition coefficient (Wildman–Crippen LogP) is 5.77. The first-order valence-electron chi connectivity index (χ1n) is 8.93. The van der Waals surface area contributed by atoms with Crippen molar-refractivity contribution in [3.63, 3.8) is 0 Å². The predicted molar refractivity (Wildman–Crippen MR) is 120 cm³/mol. The molecule has 0 amide bonds. The summed E-state index contributed by atoms with van der Waals surface area (Å²) in [7, 11) is 0. The van der Waals surface area contributed by atoms with Crippen molar-refractivity contribution in [2.75, 3.05) is 11.9 Å². The molecule has 1 heterocycles. The van der Waals surface area contributed by atoms with Crippen LogP contribution in [0.4, 0.5) is 11.5 Å². The second kappa shape index (κ2) is 9.11. The van der Waals surface area contributed by atoms with Crippen molar-refractivity contribution in [2.45, 2.75) is 0 Å². The van der Waals surface area contributed by atoms with E-state index in [-0.39, 0.29) is 6.61 Å². The fourth-order valence-electron chi connectivity index (χ4n) is 2.74. The molecule has 0 aliphatic rings. The van der Waals surface area contributed by atoms with Gasteiger partial charge in [-0.2, -0.15) is 0 Å². The lowest BCUT2D eigenvalue weighted by Crippen LogP contribution is -2.17. The van der Waals surface area contributed by atoms with E-state index in [9.17, 15) is 4.79 Å². The van der Waals surface area contributed by atoms with E-state index >= 15 is 0 Å². The lowest BCUT2D eigenvalue weighted by Gasteiger charge is -2.11. The van der Waals surface area contributed by atoms with Gasteiger partial charge in [0.25, 0.3) is 0 Å². The summed E-state index contributed by atoms with van der Waals surface area (Å²) in [6.45, 7) is -0.218. The number of hydrogen-bond donors (Lipinski definition) is 1. The summed E-state index contributed by atoms with van der Waals surface area (Å²) >= 11 is 9.30. The molecule has 4 rings (SSSR count). The van der Waals surface area contributed by atoms with E-state index in [0.717, 1.165) is 21.1 Å². The summed E-state index contributed by atoms with van der Waals surface area (Å²) in [5.41, 5.74) is 1.54. The summed E-state index contributed by atoms with van der Waals surface area (Å²) in [4.78, 5) is 20.7. The number of benzene rings is 3. The average Bonchev–Trinajstić information content (AvgIpc) is 2.74. The van der Waals surface area contributed by atoms with Crippen LogP contribution in [0.1, 0.15) is 0 Å². The second-order valence-corrected chi connectivity index (χ2v) is 7.61. The summed E-state index contributed by atoms with van der Waals surface area (Å²) in [6.07, 6.45) is 1.50. The Labute approximate surface area is 186 Å². The van der Waals surface area contributed by atoms with E-state index < -0.39 is 5.97 Å². The maximum Gasteiger partial charge on any atom is 0.349 e. The van der Waals surface area contributed by atoms with Crippen LogP contribution >= 0.6 is 27.5 Å². The average molecular weight is 485 g/mol. The first kappa shape index (κ1) is 20.1. The zero-order valence-corrected chi connectivity index (χ0v) is 17.9. The minimum atomic E-state index is -0.515. The maximum absolute atomic E-state index is 12.1. The standard InChI is InChI=1S/C22H15BrClN3O3/c23-14-4-9-20-19(10-14)22(26-13-25-20)27-16-2-1-3-18(11-16)30-21(28)12-29-17-7-5-15(24)6-8-17/h1-11,13H,12H2,(H,25,26,27). The molecule has 0 bridgehead atoms. The number of esters is 1. The molecule has 8 heteroatoms. The monoisotopic (exact) mass is 483 g/mol. The Morgan fingerprint density at radius 2 is 1.83 bits per heavy atom. The third kappa shape index (κ3) is 5.06. The minimum Gasteiger partial charge on any atom is -0.482 e.